The highest BCUT2D eigenvalue weighted by Gasteiger charge is 2.25. The summed E-state index contributed by atoms with van der Waals surface area (Å²) in [5, 5.41) is 0. The Balaban J connectivity index is 2.99. The van der Waals surface area contributed by atoms with Gasteiger partial charge in [0.1, 0.15) is 0 Å². The van der Waals surface area contributed by atoms with Gasteiger partial charge < -0.3 is 0 Å². The average Bonchev–Trinajstić information content (AvgIpc) is 2.29. The largest absolute Gasteiger partial charge is 0.354 e. The minimum atomic E-state index is -3.82. The molecule has 0 spiro atoms. The van der Waals surface area contributed by atoms with Gasteiger partial charge in [0.25, 0.3) is 0 Å². The van der Waals surface area contributed by atoms with Gasteiger partial charge in [-0.1, -0.05) is 83.6 Å². The molecule has 0 aromatic carbocycles. The fraction of sp³-hybridized carbons (Fsp3) is 1.00. The molecule has 4 heteroatoms. The van der Waals surface area contributed by atoms with Gasteiger partial charge in [-0.15, -0.1) is 0 Å². The molecule has 0 saturated heterocycles. The fourth-order valence-corrected chi connectivity index (χ4v) is 3.17. The van der Waals surface area contributed by atoms with E-state index in [1.807, 2.05) is 0 Å². The van der Waals surface area contributed by atoms with Crippen LogP contribution in [0.2, 0.25) is 6.04 Å². The van der Waals surface area contributed by atoms with Crippen LogP contribution in [0.5, 0.6) is 0 Å². The summed E-state index contributed by atoms with van der Waals surface area (Å²) in [6, 6.07) is 0.445. The van der Waals surface area contributed by atoms with E-state index in [0.29, 0.717) is 6.04 Å². The molecule has 0 aliphatic rings. The van der Waals surface area contributed by atoms with Crippen LogP contribution in [-0.2, 0) is 0 Å². The van der Waals surface area contributed by atoms with Gasteiger partial charge in [0.15, 0.2) is 9.52 Å². The van der Waals surface area contributed by atoms with Crippen LogP contribution < -0.4 is 0 Å². The monoisotopic (exact) mass is 282 g/mol. The Bertz CT molecular complexity index is 169. The van der Waals surface area contributed by atoms with Gasteiger partial charge in [-0.3, -0.25) is 0 Å². The number of hydrogen-bond donors (Lipinski definition) is 0. The van der Waals surface area contributed by atoms with Crippen molar-refractivity contribution in [2.24, 2.45) is 0 Å². The maximum absolute atomic E-state index is 11.9. The second-order valence-electron chi connectivity index (χ2n) is 5.25. The van der Waals surface area contributed by atoms with Gasteiger partial charge in [0.2, 0.25) is 0 Å². The van der Waals surface area contributed by atoms with E-state index in [4.69, 9.17) is 0 Å². The summed E-state index contributed by atoms with van der Waals surface area (Å²) in [5.74, 6) is -3.82. The minimum absolute atomic E-state index is 0.445. The highest BCUT2D eigenvalue weighted by molar-refractivity contribution is 6.37. The number of rotatable bonds is 12. The summed E-state index contributed by atoms with van der Waals surface area (Å²) in [5.41, 5.74) is 0. The third kappa shape index (κ3) is 16.0. The molecule has 0 N–H and O–H groups in total. The van der Waals surface area contributed by atoms with Gasteiger partial charge in [0, 0.05) is 0 Å². The lowest BCUT2D eigenvalue weighted by atomic mass is 10.1. The Kier molecular flexibility index (Phi) is 12.1. The molecule has 0 amide bonds. The molecular formula is C14H29F3Si. The maximum atomic E-state index is 11.9. The number of hydrogen-bond acceptors (Lipinski definition) is 0. The molecule has 0 heterocycles. The lowest BCUT2D eigenvalue weighted by Gasteiger charge is -2.05. The number of alkyl halides is 3. The van der Waals surface area contributed by atoms with Crippen molar-refractivity contribution in [3.8, 4) is 0 Å². The molecule has 110 valence electrons. The van der Waals surface area contributed by atoms with Crippen LogP contribution in [0.15, 0.2) is 0 Å². The van der Waals surface area contributed by atoms with Crippen molar-refractivity contribution >= 4 is 9.52 Å². The van der Waals surface area contributed by atoms with Crippen molar-refractivity contribution < 1.29 is 13.2 Å². The van der Waals surface area contributed by atoms with E-state index in [1.54, 1.807) is 0 Å². The Morgan fingerprint density at radius 2 is 1.06 bits per heavy atom. The molecule has 0 bridgehead atoms. The average molecular weight is 282 g/mol. The van der Waals surface area contributed by atoms with Crippen LogP contribution in [0.4, 0.5) is 13.2 Å². The summed E-state index contributed by atoms with van der Waals surface area (Å²) >= 11 is 0. The number of unbranched alkanes of at least 4 members (excludes halogenated alkanes) is 10. The van der Waals surface area contributed by atoms with Crippen molar-refractivity contribution in [3.63, 3.8) is 0 Å². The zero-order valence-electron chi connectivity index (χ0n) is 11.8. The van der Waals surface area contributed by atoms with Gasteiger partial charge in [0.05, 0.1) is 0 Å². The first-order valence-corrected chi connectivity index (χ1v) is 9.33. The molecule has 0 saturated carbocycles. The molecule has 0 aliphatic heterocycles. The first-order chi connectivity index (χ1) is 8.56. The highest BCUT2D eigenvalue weighted by atomic mass is 28.2. The summed E-state index contributed by atoms with van der Waals surface area (Å²) < 4.78 is 35.8. The predicted molar refractivity (Wildman–Crippen MR) is 75.9 cm³/mol. The van der Waals surface area contributed by atoms with Crippen LogP contribution in [0, 0.1) is 0 Å². The molecule has 0 aromatic rings. The van der Waals surface area contributed by atoms with Gasteiger partial charge in [-0.25, -0.2) is 0 Å². The standard InChI is InChI=1S/C14H29F3Si/c1-2-3-4-5-6-7-8-9-10-11-12-13-18-14(15,16)17/h2-13,18H2,1H3. The van der Waals surface area contributed by atoms with E-state index < -0.39 is 15.3 Å². The Morgan fingerprint density at radius 1 is 0.667 bits per heavy atom. The van der Waals surface area contributed by atoms with Gasteiger partial charge >= 0.3 is 5.80 Å². The smallest absolute Gasteiger partial charge is 0.178 e. The summed E-state index contributed by atoms with van der Waals surface area (Å²) in [7, 11) is -1.81. The molecule has 0 nitrogen and oxygen atoms in total. The Hall–Kier alpha value is 0.00688. The third-order valence-corrected chi connectivity index (χ3v) is 4.73. The third-order valence-electron chi connectivity index (χ3n) is 3.31. The topological polar surface area (TPSA) is 0 Å². The molecule has 0 fully saturated rings. The van der Waals surface area contributed by atoms with Gasteiger partial charge in [-0.2, -0.15) is 13.2 Å². The summed E-state index contributed by atoms with van der Waals surface area (Å²) in [6.07, 6.45) is 13.4. The van der Waals surface area contributed by atoms with E-state index in [9.17, 15) is 13.2 Å². The van der Waals surface area contributed by atoms with Crippen LogP contribution in [0.25, 0.3) is 0 Å². The van der Waals surface area contributed by atoms with Crippen LogP contribution >= 0.6 is 0 Å². The van der Waals surface area contributed by atoms with Gasteiger partial charge in [-0.05, 0) is 0 Å². The predicted octanol–water partition coefficient (Wildman–Crippen LogP) is 5.40. The summed E-state index contributed by atoms with van der Waals surface area (Å²) in [6.45, 7) is 2.22. The molecule has 0 aliphatic carbocycles. The molecular weight excluding hydrogens is 253 g/mol. The van der Waals surface area contributed by atoms with Crippen molar-refractivity contribution in [3.05, 3.63) is 0 Å². The quantitative estimate of drug-likeness (QED) is 0.332. The zero-order chi connectivity index (χ0) is 13.7. The highest BCUT2D eigenvalue weighted by Crippen LogP contribution is 2.17. The SMILES string of the molecule is CCCCCCCCCCCCC[SiH2]C(F)(F)F. The van der Waals surface area contributed by atoms with E-state index in [0.717, 1.165) is 19.3 Å². The summed E-state index contributed by atoms with van der Waals surface area (Å²) in [4.78, 5) is 0. The molecule has 0 unspecified atom stereocenters. The Morgan fingerprint density at radius 3 is 1.44 bits per heavy atom. The molecule has 0 rings (SSSR count). The van der Waals surface area contributed by atoms with Crippen molar-refractivity contribution in [2.75, 3.05) is 0 Å². The van der Waals surface area contributed by atoms with Crippen LogP contribution in [0.1, 0.15) is 77.6 Å². The second-order valence-corrected chi connectivity index (χ2v) is 7.26. The Labute approximate surface area is 113 Å². The minimum Gasteiger partial charge on any atom is -0.178 e. The van der Waals surface area contributed by atoms with Crippen molar-refractivity contribution in [1.82, 2.24) is 0 Å². The van der Waals surface area contributed by atoms with E-state index in [2.05, 4.69) is 6.92 Å². The lowest BCUT2D eigenvalue weighted by Crippen LogP contribution is -2.17. The fourth-order valence-electron chi connectivity index (χ4n) is 2.17. The molecule has 0 radical (unpaired) electrons. The zero-order valence-corrected chi connectivity index (χ0v) is 13.2. The second kappa shape index (κ2) is 12.1. The van der Waals surface area contributed by atoms with Crippen LogP contribution in [-0.4, -0.2) is 15.3 Å². The first kappa shape index (κ1) is 18.0. The van der Waals surface area contributed by atoms with Crippen molar-refractivity contribution in [1.29, 1.82) is 0 Å². The molecule has 18 heavy (non-hydrogen) atoms. The number of halogens is 3. The van der Waals surface area contributed by atoms with E-state index in [-0.39, 0.29) is 0 Å². The van der Waals surface area contributed by atoms with Crippen molar-refractivity contribution in [2.45, 2.75) is 89.4 Å². The normalized spacial score (nSPS) is 12.7. The first-order valence-electron chi connectivity index (χ1n) is 7.63. The molecule has 0 atom stereocenters. The van der Waals surface area contributed by atoms with E-state index in [1.165, 1.54) is 51.4 Å². The maximum Gasteiger partial charge on any atom is 0.354 e. The lowest BCUT2D eigenvalue weighted by molar-refractivity contribution is -0.0472. The van der Waals surface area contributed by atoms with E-state index >= 15 is 0 Å². The van der Waals surface area contributed by atoms with Crippen LogP contribution in [0.3, 0.4) is 0 Å². The molecule has 0 aromatic heterocycles.